The van der Waals surface area contributed by atoms with Gasteiger partial charge in [-0.05, 0) is 54.4 Å². The monoisotopic (exact) mass is 493 g/mol. The summed E-state index contributed by atoms with van der Waals surface area (Å²) in [6.07, 6.45) is 1.93. The predicted octanol–water partition coefficient (Wildman–Crippen LogP) is 4.33. The van der Waals surface area contributed by atoms with Crippen molar-refractivity contribution in [3.8, 4) is 11.5 Å². The highest BCUT2D eigenvalue weighted by molar-refractivity contribution is 5.85. The van der Waals surface area contributed by atoms with Crippen LogP contribution in [0.25, 0.3) is 0 Å². The average Bonchev–Trinajstić information content (AvgIpc) is 2.76. The highest BCUT2D eigenvalue weighted by atomic mass is 35.5. The number of likely N-dealkylation sites (N-methyl/N-ethyl adjacent to an activating group) is 1. The Labute approximate surface area is 203 Å². The SMILES string of the molecule is CN(C)C(=O)[C@H](N)Cc1ccc(Oc2ccc(Nc3ncccc3[N+](=O)[O-])cc2)cc1.Cl.Cl. The zero-order valence-electron chi connectivity index (χ0n) is 18.0. The van der Waals surface area contributed by atoms with E-state index in [0.29, 0.717) is 23.6 Å². The fraction of sp³-hybridized carbons (Fsp3) is 0.182. The third-order valence-corrected chi connectivity index (χ3v) is 4.47. The second-order valence-corrected chi connectivity index (χ2v) is 7.07. The first-order valence-electron chi connectivity index (χ1n) is 9.53. The Hall–Kier alpha value is -3.40. The van der Waals surface area contributed by atoms with E-state index in [1.54, 1.807) is 38.4 Å². The van der Waals surface area contributed by atoms with Gasteiger partial charge in [-0.3, -0.25) is 14.9 Å². The lowest BCUT2D eigenvalue weighted by atomic mass is 10.1. The van der Waals surface area contributed by atoms with Crippen LogP contribution in [-0.2, 0) is 11.2 Å². The molecule has 0 saturated heterocycles. The molecule has 1 atom stereocenters. The maximum Gasteiger partial charge on any atom is 0.311 e. The van der Waals surface area contributed by atoms with E-state index in [-0.39, 0.29) is 42.2 Å². The molecule has 0 unspecified atom stereocenters. The summed E-state index contributed by atoms with van der Waals surface area (Å²) in [5.74, 6) is 1.29. The van der Waals surface area contributed by atoms with Crippen molar-refractivity contribution in [1.29, 1.82) is 0 Å². The molecule has 0 aliphatic heterocycles. The Balaban J connectivity index is 0.00000272. The van der Waals surface area contributed by atoms with Crippen molar-refractivity contribution in [2.24, 2.45) is 5.73 Å². The third-order valence-electron chi connectivity index (χ3n) is 4.47. The number of nitrogens with two attached hydrogens (primary N) is 1. The number of ether oxygens (including phenoxy) is 1. The summed E-state index contributed by atoms with van der Waals surface area (Å²) in [5.41, 5.74) is 7.41. The Morgan fingerprint density at radius 3 is 2.21 bits per heavy atom. The molecule has 2 aromatic carbocycles. The number of amides is 1. The number of anilines is 2. The van der Waals surface area contributed by atoms with Crippen molar-refractivity contribution in [1.82, 2.24) is 9.88 Å². The van der Waals surface area contributed by atoms with Crippen LogP contribution in [-0.4, -0.2) is 40.9 Å². The summed E-state index contributed by atoms with van der Waals surface area (Å²) in [5, 5.41) is 14.0. The van der Waals surface area contributed by atoms with Crippen LogP contribution in [0.1, 0.15) is 5.56 Å². The molecule has 33 heavy (non-hydrogen) atoms. The molecule has 0 spiro atoms. The van der Waals surface area contributed by atoms with Crippen LogP contribution in [0.5, 0.6) is 11.5 Å². The van der Waals surface area contributed by atoms with Gasteiger partial charge in [0, 0.05) is 32.0 Å². The Kier molecular flexibility index (Phi) is 10.5. The first-order valence-corrected chi connectivity index (χ1v) is 9.53. The van der Waals surface area contributed by atoms with Gasteiger partial charge >= 0.3 is 5.69 Å². The van der Waals surface area contributed by atoms with E-state index >= 15 is 0 Å². The molecule has 3 N–H and O–H groups in total. The van der Waals surface area contributed by atoms with Gasteiger partial charge in [0.15, 0.2) is 0 Å². The van der Waals surface area contributed by atoms with Gasteiger partial charge in [0.1, 0.15) is 11.5 Å². The second kappa shape index (κ2) is 12.6. The number of pyridine rings is 1. The number of nitrogens with one attached hydrogen (secondary N) is 1. The molecule has 0 fully saturated rings. The number of carbonyl (C=O) groups is 1. The fourth-order valence-electron chi connectivity index (χ4n) is 2.89. The number of rotatable bonds is 8. The minimum atomic E-state index is -0.586. The number of aromatic nitrogens is 1. The summed E-state index contributed by atoms with van der Waals surface area (Å²) in [7, 11) is 3.36. The average molecular weight is 494 g/mol. The highest BCUT2D eigenvalue weighted by Gasteiger charge is 2.16. The van der Waals surface area contributed by atoms with Gasteiger partial charge in [-0.1, -0.05) is 12.1 Å². The molecule has 3 rings (SSSR count). The number of carbonyl (C=O) groups excluding carboxylic acids is 1. The lowest BCUT2D eigenvalue weighted by Gasteiger charge is -2.16. The Morgan fingerprint density at radius 2 is 1.67 bits per heavy atom. The van der Waals surface area contributed by atoms with E-state index in [0.717, 1.165) is 5.56 Å². The molecule has 9 nitrogen and oxygen atoms in total. The van der Waals surface area contributed by atoms with Crippen LogP contribution in [0.2, 0.25) is 0 Å². The molecule has 0 radical (unpaired) electrons. The topological polar surface area (TPSA) is 124 Å². The first-order chi connectivity index (χ1) is 14.8. The first kappa shape index (κ1) is 27.6. The molecular weight excluding hydrogens is 469 g/mol. The van der Waals surface area contributed by atoms with Crippen LogP contribution < -0.4 is 15.8 Å². The predicted molar refractivity (Wildman–Crippen MR) is 132 cm³/mol. The van der Waals surface area contributed by atoms with E-state index in [9.17, 15) is 14.9 Å². The zero-order chi connectivity index (χ0) is 22.4. The summed E-state index contributed by atoms with van der Waals surface area (Å²) in [4.78, 5) is 28.0. The van der Waals surface area contributed by atoms with Crippen LogP contribution in [0, 0.1) is 10.1 Å². The molecule has 1 heterocycles. The lowest BCUT2D eigenvalue weighted by molar-refractivity contribution is -0.384. The van der Waals surface area contributed by atoms with Crippen LogP contribution in [0.3, 0.4) is 0 Å². The minimum Gasteiger partial charge on any atom is -0.457 e. The standard InChI is InChI=1S/C22H23N5O4.2ClH/c1-26(2)22(28)19(23)14-15-5-9-17(10-6-15)31-18-11-7-16(8-12-18)25-21-20(27(29)30)4-3-13-24-21;;/h3-13,19H,14,23H2,1-2H3,(H,24,25);2*1H/t19-;;/m1../s1. The number of nitro groups is 1. The fourth-order valence-corrected chi connectivity index (χ4v) is 2.89. The number of hydrogen-bond acceptors (Lipinski definition) is 7. The summed E-state index contributed by atoms with van der Waals surface area (Å²) < 4.78 is 5.83. The van der Waals surface area contributed by atoms with Gasteiger partial charge < -0.3 is 20.7 Å². The molecule has 0 aliphatic carbocycles. The smallest absolute Gasteiger partial charge is 0.311 e. The quantitative estimate of drug-likeness (QED) is 0.353. The van der Waals surface area contributed by atoms with E-state index in [1.807, 2.05) is 24.3 Å². The second-order valence-electron chi connectivity index (χ2n) is 7.07. The molecular formula is C22H25Cl2N5O4. The van der Waals surface area contributed by atoms with Gasteiger partial charge in [-0.2, -0.15) is 0 Å². The molecule has 0 bridgehead atoms. The van der Waals surface area contributed by atoms with E-state index < -0.39 is 11.0 Å². The van der Waals surface area contributed by atoms with Crippen molar-refractivity contribution in [2.45, 2.75) is 12.5 Å². The molecule has 11 heteroatoms. The minimum absolute atomic E-state index is 0. The van der Waals surface area contributed by atoms with Crippen molar-refractivity contribution in [3.05, 3.63) is 82.5 Å². The molecule has 0 saturated carbocycles. The number of nitrogens with zero attached hydrogens (tertiary/aromatic N) is 3. The third kappa shape index (κ3) is 7.60. The number of hydrogen-bond donors (Lipinski definition) is 2. The van der Waals surface area contributed by atoms with Crippen molar-refractivity contribution in [3.63, 3.8) is 0 Å². The van der Waals surface area contributed by atoms with Gasteiger partial charge in [0.25, 0.3) is 0 Å². The lowest BCUT2D eigenvalue weighted by Crippen LogP contribution is -2.41. The van der Waals surface area contributed by atoms with E-state index in [4.69, 9.17) is 10.5 Å². The van der Waals surface area contributed by atoms with Gasteiger partial charge in [-0.15, -0.1) is 24.8 Å². The normalized spacial score (nSPS) is 10.8. The zero-order valence-corrected chi connectivity index (χ0v) is 19.6. The van der Waals surface area contributed by atoms with Crippen LogP contribution in [0.15, 0.2) is 66.9 Å². The largest absolute Gasteiger partial charge is 0.457 e. The van der Waals surface area contributed by atoms with Crippen molar-refractivity contribution >= 4 is 47.9 Å². The van der Waals surface area contributed by atoms with Gasteiger partial charge in [0.05, 0.1) is 11.0 Å². The molecule has 1 aromatic heterocycles. The summed E-state index contributed by atoms with van der Waals surface area (Å²) >= 11 is 0. The Bertz CT molecular complexity index is 1060. The van der Waals surface area contributed by atoms with Crippen molar-refractivity contribution < 1.29 is 14.5 Å². The Morgan fingerprint density at radius 1 is 1.09 bits per heavy atom. The summed E-state index contributed by atoms with van der Waals surface area (Å²) in [6, 6.07) is 16.7. The molecule has 3 aromatic rings. The van der Waals surface area contributed by atoms with E-state index in [1.165, 1.54) is 23.2 Å². The highest BCUT2D eigenvalue weighted by Crippen LogP contribution is 2.27. The van der Waals surface area contributed by atoms with Crippen LogP contribution >= 0.6 is 24.8 Å². The number of halogens is 2. The number of benzene rings is 2. The summed E-state index contributed by atoms with van der Waals surface area (Å²) in [6.45, 7) is 0. The molecule has 176 valence electrons. The molecule has 1 amide bonds. The van der Waals surface area contributed by atoms with E-state index in [2.05, 4.69) is 10.3 Å². The van der Waals surface area contributed by atoms with Crippen LogP contribution in [0.4, 0.5) is 17.2 Å². The van der Waals surface area contributed by atoms with Gasteiger partial charge in [-0.25, -0.2) is 4.98 Å². The van der Waals surface area contributed by atoms with Gasteiger partial charge in [0.2, 0.25) is 11.7 Å². The van der Waals surface area contributed by atoms with Crippen molar-refractivity contribution in [2.75, 3.05) is 19.4 Å². The maximum atomic E-state index is 11.9. The molecule has 0 aliphatic rings. The maximum absolute atomic E-state index is 11.9.